The van der Waals surface area contributed by atoms with E-state index in [1.54, 1.807) is 30.3 Å². The molecule has 0 aliphatic rings. The summed E-state index contributed by atoms with van der Waals surface area (Å²) in [7, 11) is 3.59. The van der Waals surface area contributed by atoms with E-state index in [4.69, 9.17) is 30.2 Å². The van der Waals surface area contributed by atoms with Gasteiger partial charge in [0, 0.05) is 33.0 Å². The summed E-state index contributed by atoms with van der Waals surface area (Å²) in [5.74, 6) is 0. The average Bonchev–Trinajstić information content (AvgIpc) is 3.07. The van der Waals surface area contributed by atoms with E-state index in [0.717, 1.165) is 31.0 Å². The first-order chi connectivity index (χ1) is 10.1. The number of rotatable bonds is 3. The van der Waals surface area contributed by atoms with Gasteiger partial charge in [0.25, 0.3) is 0 Å². The molecule has 0 spiro atoms. The maximum atomic E-state index is 5.03. The van der Waals surface area contributed by atoms with Gasteiger partial charge in [-0.3, -0.25) is 4.57 Å². The second-order valence-corrected chi connectivity index (χ2v) is 4.61. The smallest absolute Gasteiger partial charge is 0.178 e. The van der Waals surface area contributed by atoms with Crippen LogP contribution in [0.3, 0.4) is 0 Å². The normalized spacial score (nSPS) is 8.05. The highest BCUT2D eigenvalue weighted by Gasteiger charge is 1.90. The van der Waals surface area contributed by atoms with Crippen molar-refractivity contribution < 1.29 is 0 Å². The van der Waals surface area contributed by atoms with E-state index in [1.807, 2.05) is 7.05 Å². The van der Waals surface area contributed by atoms with Crippen LogP contribution in [0.25, 0.3) is 0 Å². The Morgan fingerprint density at radius 2 is 1.77 bits per heavy atom. The van der Waals surface area contributed by atoms with E-state index >= 15 is 0 Å². The molecule has 0 atom stereocenters. The van der Waals surface area contributed by atoms with Gasteiger partial charge >= 0.3 is 0 Å². The Hall–Kier alpha value is -1.25. The summed E-state index contributed by atoms with van der Waals surface area (Å²) in [6, 6.07) is 0. The number of hydrogen-bond donors (Lipinski definition) is 4. The molecule has 1 aromatic heterocycles. The summed E-state index contributed by atoms with van der Waals surface area (Å²) in [5.41, 5.74) is 5.03. The molecule has 0 aromatic carbocycles. The van der Waals surface area contributed by atoms with Crippen molar-refractivity contribution >= 4 is 34.7 Å². The lowest BCUT2D eigenvalue weighted by Crippen LogP contribution is -2.32. The SMILES string of the molecule is C.CCCN.CCCNC(=S)NC.CNC(=S)n1ccnc1. The van der Waals surface area contributed by atoms with Crippen molar-refractivity contribution in [2.24, 2.45) is 5.73 Å². The van der Waals surface area contributed by atoms with Crippen molar-refractivity contribution in [2.75, 3.05) is 27.2 Å². The van der Waals surface area contributed by atoms with Crippen LogP contribution in [0.2, 0.25) is 0 Å². The number of nitrogens with one attached hydrogen (secondary N) is 3. The van der Waals surface area contributed by atoms with Crippen molar-refractivity contribution in [1.29, 1.82) is 0 Å². The number of nitrogens with two attached hydrogens (primary N) is 1. The van der Waals surface area contributed by atoms with Crippen LogP contribution in [-0.2, 0) is 0 Å². The molecule has 0 amide bonds. The maximum absolute atomic E-state index is 5.03. The highest BCUT2D eigenvalue weighted by atomic mass is 32.1. The van der Waals surface area contributed by atoms with E-state index < -0.39 is 0 Å². The van der Waals surface area contributed by atoms with Gasteiger partial charge in [-0.15, -0.1) is 0 Å². The van der Waals surface area contributed by atoms with E-state index in [0.29, 0.717) is 5.11 Å². The van der Waals surface area contributed by atoms with Crippen molar-refractivity contribution in [3.05, 3.63) is 18.7 Å². The molecule has 0 saturated heterocycles. The number of hydrogen-bond acceptors (Lipinski definition) is 4. The van der Waals surface area contributed by atoms with Gasteiger partial charge in [0.15, 0.2) is 10.2 Å². The molecule has 1 heterocycles. The minimum Gasteiger partial charge on any atom is -0.366 e. The Balaban J connectivity index is -0.000000258. The van der Waals surface area contributed by atoms with Crippen LogP contribution in [0.4, 0.5) is 0 Å². The van der Waals surface area contributed by atoms with Gasteiger partial charge in [0.05, 0.1) is 0 Å². The Morgan fingerprint density at radius 3 is 2.09 bits per heavy atom. The molecule has 6 nitrogen and oxygen atoms in total. The second kappa shape index (κ2) is 19.8. The monoisotopic (exact) mass is 348 g/mol. The van der Waals surface area contributed by atoms with E-state index in [2.05, 4.69) is 34.8 Å². The molecule has 22 heavy (non-hydrogen) atoms. The first-order valence-corrected chi connectivity index (χ1v) is 7.74. The van der Waals surface area contributed by atoms with Gasteiger partial charge in [-0.2, -0.15) is 0 Å². The third kappa shape index (κ3) is 16.8. The summed E-state index contributed by atoms with van der Waals surface area (Å²) < 4.78 is 1.73. The Bertz CT molecular complexity index is 352. The highest BCUT2D eigenvalue weighted by molar-refractivity contribution is 7.80. The fourth-order valence-corrected chi connectivity index (χ4v) is 1.05. The summed E-state index contributed by atoms with van der Waals surface area (Å²) in [6.07, 6.45) is 7.34. The molecule has 5 N–H and O–H groups in total. The predicted octanol–water partition coefficient (Wildman–Crippen LogP) is 1.72. The zero-order valence-electron chi connectivity index (χ0n) is 13.3. The Kier molecular flexibility index (Phi) is 23.1. The van der Waals surface area contributed by atoms with Crippen molar-refractivity contribution in [2.45, 2.75) is 34.1 Å². The molecule has 0 saturated carbocycles. The molecule has 0 fully saturated rings. The van der Waals surface area contributed by atoms with Gasteiger partial charge in [0.1, 0.15) is 6.33 Å². The zero-order valence-corrected chi connectivity index (χ0v) is 15.0. The van der Waals surface area contributed by atoms with Gasteiger partial charge < -0.3 is 21.7 Å². The van der Waals surface area contributed by atoms with Gasteiger partial charge in [0.2, 0.25) is 0 Å². The second-order valence-electron chi connectivity index (χ2n) is 3.82. The van der Waals surface area contributed by atoms with Gasteiger partial charge in [-0.05, 0) is 43.8 Å². The largest absolute Gasteiger partial charge is 0.366 e. The number of thiocarbonyl (C=S) groups is 2. The highest BCUT2D eigenvalue weighted by Crippen LogP contribution is 1.82. The fourth-order valence-electron chi connectivity index (χ4n) is 0.835. The third-order valence-electron chi connectivity index (χ3n) is 2.00. The zero-order chi connectivity index (χ0) is 16.5. The van der Waals surface area contributed by atoms with Crippen LogP contribution in [0, 0.1) is 0 Å². The minimum absolute atomic E-state index is 0. The standard InChI is InChI=1S/C5H7N3S.C5H12N2S.C3H9N.CH4/c1-6-5(9)8-3-2-7-4-8;1-3-4-7-5(8)6-2;1-2-3-4;/h2-4H,1H3,(H,6,9);3-4H2,1-2H3,(H2,6,7,8);2-4H2,1H3;1H4. The molecule has 0 radical (unpaired) electrons. The van der Waals surface area contributed by atoms with E-state index in [-0.39, 0.29) is 7.43 Å². The van der Waals surface area contributed by atoms with Crippen LogP contribution in [0.1, 0.15) is 34.1 Å². The minimum atomic E-state index is 0. The lowest BCUT2D eigenvalue weighted by molar-refractivity contribution is 0.828. The van der Waals surface area contributed by atoms with Gasteiger partial charge in [-0.25, -0.2) is 4.98 Å². The molecule has 0 bridgehead atoms. The summed E-state index contributed by atoms with van der Waals surface area (Å²) in [4.78, 5) is 3.83. The van der Waals surface area contributed by atoms with Crippen LogP contribution in [0.5, 0.6) is 0 Å². The lowest BCUT2D eigenvalue weighted by Gasteiger charge is -2.02. The van der Waals surface area contributed by atoms with Crippen molar-refractivity contribution in [3.63, 3.8) is 0 Å². The molecule has 0 unspecified atom stereocenters. The van der Waals surface area contributed by atoms with Crippen LogP contribution in [0.15, 0.2) is 18.7 Å². The van der Waals surface area contributed by atoms with Crippen LogP contribution < -0.4 is 21.7 Å². The molecule has 0 aliphatic heterocycles. The van der Waals surface area contributed by atoms with Crippen molar-refractivity contribution in [3.8, 4) is 0 Å². The molecular formula is C14H32N6S2. The number of imidazole rings is 1. The molecule has 1 aromatic rings. The Labute approximate surface area is 146 Å². The molecule has 1 rings (SSSR count). The quantitative estimate of drug-likeness (QED) is 0.619. The lowest BCUT2D eigenvalue weighted by atomic mass is 10.5. The third-order valence-corrected chi connectivity index (χ3v) is 2.77. The van der Waals surface area contributed by atoms with Crippen LogP contribution in [-0.4, -0.2) is 47.0 Å². The average molecular weight is 349 g/mol. The summed E-state index contributed by atoms with van der Waals surface area (Å²) >= 11 is 9.69. The van der Waals surface area contributed by atoms with Gasteiger partial charge in [-0.1, -0.05) is 21.3 Å². The fraction of sp³-hybridized carbons (Fsp3) is 0.643. The Morgan fingerprint density at radius 1 is 1.18 bits per heavy atom. The molecule has 0 aliphatic carbocycles. The number of aromatic nitrogens is 2. The topological polar surface area (TPSA) is 79.9 Å². The number of nitrogens with zero attached hydrogens (tertiary/aromatic N) is 2. The van der Waals surface area contributed by atoms with Crippen LogP contribution >= 0.6 is 24.4 Å². The van der Waals surface area contributed by atoms with E-state index in [9.17, 15) is 0 Å². The maximum Gasteiger partial charge on any atom is 0.178 e. The summed E-state index contributed by atoms with van der Waals surface area (Å²) in [6.45, 7) is 5.94. The van der Waals surface area contributed by atoms with E-state index in [1.165, 1.54) is 0 Å². The summed E-state index contributed by atoms with van der Waals surface area (Å²) in [5, 5.41) is 10.0. The molecular weight excluding hydrogens is 316 g/mol. The molecule has 130 valence electrons. The predicted molar refractivity (Wildman–Crippen MR) is 105 cm³/mol. The van der Waals surface area contributed by atoms with Crippen molar-refractivity contribution in [1.82, 2.24) is 25.5 Å². The first-order valence-electron chi connectivity index (χ1n) is 6.92. The first kappa shape index (κ1) is 25.7. The molecule has 8 heteroatoms.